The maximum Gasteiger partial charge on any atom is 0.153 e. The van der Waals surface area contributed by atoms with Crippen LogP contribution in [0.5, 0.6) is 0 Å². The van der Waals surface area contributed by atoms with Gasteiger partial charge in [0.05, 0.1) is 30.9 Å². The lowest BCUT2D eigenvalue weighted by Crippen LogP contribution is -2.28. The van der Waals surface area contributed by atoms with Gasteiger partial charge < -0.3 is 15.6 Å². The van der Waals surface area contributed by atoms with Crippen molar-refractivity contribution in [2.45, 2.75) is 18.6 Å². The summed E-state index contributed by atoms with van der Waals surface area (Å²) in [5.74, 6) is 0.626. The summed E-state index contributed by atoms with van der Waals surface area (Å²) in [7, 11) is 0. The summed E-state index contributed by atoms with van der Waals surface area (Å²) in [5, 5.41) is 10.4. The van der Waals surface area contributed by atoms with Gasteiger partial charge >= 0.3 is 0 Å². The summed E-state index contributed by atoms with van der Waals surface area (Å²) in [5.41, 5.74) is 8.55. The van der Waals surface area contributed by atoms with Gasteiger partial charge in [-0.2, -0.15) is 0 Å². The number of benzene rings is 1. The van der Waals surface area contributed by atoms with Crippen molar-refractivity contribution in [1.82, 2.24) is 14.9 Å². The number of anilines is 1. The van der Waals surface area contributed by atoms with Crippen LogP contribution in [0.2, 0.25) is 0 Å². The highest BCUT2D eigenvalue weighted by Gasteiger charge is 2.34. The van der Waals surface area contributed by atoms with Gasteiger partial charge in [-0.05, 0) is 5.56 Å². The fourth-order valence-corrected chi connectivity index (χ4v) is 3.61. The van der Waals surface area contributed by atoms with Crippen LogP contribution in [0.1, 0.15) is 17.2 Å². The van der Waals surface area contributed by atoms with Crippen LogP contribution in [0, 0.1) is 5.92 Å². The van der Waals surface area contributed by atoms with Crippen molar-refractivity contribution in [3.05, 3.63) is 47.9 Å². The Morgan fingerprint density at radius 1 is 1.19 bits per heavy atom. The number of aliphatic hydroxyl groups excluding tert-OH is 1. The van der Waals surface area contributed by atoms with Gasteiger partial charge in [0, 0.05) is 31.8 Å². The molecule has 2 aliphatic rings. The van der Waals surface area contributed by atoms with E-state index < -0.39 is 0 Å². The largest absolute Gasteiger partial charge is 0.391 e. The molecule has 7 heteroatoms. The Kier molecular flexibility index (Phi) is 4.92. The number of nitrogen functional groups attached to an aromatic ring is 1. The first-order valence-electron chi connectivity index (χ1n) is 8.87. The van der Waals surface area contributed by atoms with Gasteiger partial charge in [-0.3, -0.25) is 9.89 Å². The normalized spacial score (nSPS) is 24.9. The number of aliphatic hydroxyl groups is 1. The van der Waals surface area contributed by atoms with Crippen LogP contribution in [0.3, 0.4) is 0 Å². The molecule has 3 atom stereocenters. The molecule has 2 aliphatic heterocycles. The number of hydrogen-bond acceptors (Lipinski definition) is 7. The zero-order chi connectivity index (χ0) is 17.9. The third-order valence-electron chi connectivity index (χ3n) is 4.99. The molecule has 136 valence electrons. The smallest absolute Gasteiger partial charge is 0.153 e. The van der Waals surface area contributed by atoms with Crippen LogP contribution in [0.4, 0.5) is 11.5 Å². The molecule has 1 unspecified atom stereocenters. The Morgan fingerprint density at radius 2 is 2.04 bits per heavy atom. The molecule has 0 amide bonds. The van der Waals surface area contributed by atoms with E-state index in [1.807, 2.05) is 36.5 Å². The minimum absolute atomic E-state index is 0.0893. The van der Waals surface area contributed by atoms with E-state index in [1.165, 1.54) is 6.33 Å². The lowest BCUT2D eigenvalue weighted by Gasteiger charge is -2.19. The highest BCUT2D eigenvalue weighted by Crippen LogP contribution is 2.34. The molecular weight excluding hydrogens is 330 g/mol. The van der Waals surface area contributed by atoms with E-state index in [2.05, 4.69) is 19.9 Å². The van der Waals surface area contributed by atoms with E-state index in [1.54, 1.807) is 0 Å². The Morgan fingerprint density at radius 3 is 2.88 bits per heavy atom. The highest BCUT2D eigenvalue weighted by molar-refractivity contribution is 5.83. The van der Waals surface area contributed by atoms with E-state index in [0.717, 1.165) is 24.3 Å². The Hall–Kier alpha value is -2.35. The molecule has 0 radical (unpaired) electrons. The number of nitrogens with zero attached hydrogens (tertiary/aromatic N) is 4. The van der Waals surface area contributed by atoms with Gasteiger partial charge in [0.1, 0.15) is 12.0 Å². The van der Waals surface area contributed by atoms with Gasteiger partial charge in [-0.15, -0.1) is 0 Å². The molecule has 26 heavy (non-hydrogen) atoms. The molecule has 4 rings (SSSR count). The fourth-order valence-electron chi connectivity index (χ4n) is 3.61. The second kappa shape index (κ2) is 7.49. The van der Waals surface area contributed by atoms with Gasteiger partial charge in [-0.1, -0.05) is 30.3 Å². The molecule has 0 bridgehead atoms. The van der Waals surface area contributed by atoms with Gasteiger partial charge in [0.25, 0.3) is 0 Å². The third kappa shape index (κ3) is 3.60. The zero-order valence-corrected chi connectivity index (χ0v) is 14.5. The lowest BCUT2D eigenvalue weighted by atomic mass is 10.1. The number of hydrogen-bond donors (Lipinski definition) is 2. The lowest BCUT2D eigenvalue weighted by molar-refractivity contribution is 0.0448. The van der Waals surface area contributed by atoms with Gasteiger partial charge in [-0.25, -0.2) is 9.97 Å². The van der Waals surface area contributed by atoms with Crippen LogP contribution < -0.4 is 5.73 Å². The number of fused-ring (bicyclic) bond motifs is 1. The van der Waals surface area contributed by atoms with E-state index in [4.69, 9.17) is 10.5 Å². The molecule has 1 aromatic heterocycles. The summed E-state index contributed by atoms with van der Waals surface area (Å²) in [6.07, 6.45) is 2.98. The number of β-amino-alcohol motifs (C(OH)–C–C–N with tert-alkyl or cyclic N) is 1. The maximum atomic E-state index is 10.4. The van der Waals surface area contributed by atoms with Crippen molar-refractivity contribution < 1.29 is 9.84 Å². The minimum Gasteiger partial charge on any atom is -0.391 e. The van der Waals surface area contributed by atoms with Crippen molar-refractivity contribution in [2.24, 2.45) is 10.9 Å². The molecule has 3 N–H and O–H groups in total. The quantitative estimate of drug-likeness (QED) is 0.814. The van der Waals surface area contributed by atoms with Crippen molar-refractivity contribution in [2.75, 3.05) is 32.0 Å². The minimum atomic E-state index is -0.376. The molecular formula is C19H23N5O2. The van der Waals surface area contributed by atoms with Crippen molar-refractivity contribution in [1.29, 1.82) is 0 Å². The number of aliphatic imine (C=N–C) groups is 1. The Labute approximate surface area is 152 Å². The topological polar surface area (TPSA) is 96.9 Å². The van der Waals surface area contributed by atoms with Gasteiger partial charge in [0.15, 0.2) is 5.82 Å². The number of likely N-dealkylation sites (tertiary alicyclic amines) is 1. The maximum absolute atomic E-state index is 10.4. The molecule has 1 saturated heterocycles. The van der Waals surface area contributed by atoms with E-state index in [9.17, 15) is 5.11 Å². The van der Waals surface area contributed by atoms with Crippen LogP contribution in [0.15, 0.2) is 41.7 Å². The van der Waals surface area contributed by atoms with Crippen LogP contribution >= 0.6 is 0 Å². The van der Waals surface area contributed by atoms with Crippen LogP contribution in [-0.2, 0) is 11.3 Å². The highest BCUT2D eigenvalue weighted by atomic mass is 16.5. The number of ether oxygens (including phenoxy) is 1. The van der Waals surface area contributed by atoms with Gasteiger partial charge in [0.2, 0.25) is 0 Å². The molecule has 2 aromatic rings. The SMILES string of the molecule is Nc1ncnc2c1N=CC2CN1C[C@H](COCc2ccccc2)[C@@H](O)C1. The predicted octanol–water partition coefficient (Wildman–Crippen LogP) is 1.37. The molecule has 7 nitrogen and oxygen atoms in total. The third-order valence-corrected chi connectivity index (χ3v) is 4.99. The van der Waals surface area contributed by atoms with Crippen molar-refractivity contribution in [3.63, 3.8) is 0 Å². The average Bonchev–Trinajstić information content (AvgIpc) is 3.21. The van der Waals surface area contributed by atoms with E-state index in [0.29, 0.717) is 31.3 Å². The van der Waals surface area contributed by atoms with Crippen LogP contribution in [0.25, 0.3) is 0 Å². The molecule has 3 heterocycles. The molecule has 0 saturated carbocycles. The first-order valence-corrected chi connectivity index (χ1v) is 8.87. The van der Waals surface area contributed by atoms with E-state index in [-0.39, 0.29) is 17.9 Å². The summed E-state index contributed by atoms with van der Waals surface area (Å²) in [4.78, 5) is 14.9. The monoisotopic (exact) mass is 353 g/mol. The number of rotatable bonds is 6. The second-order valence-electron chi connectivity index (χ2n) is 6.92. The Balaban J connectivity index is 1.29. The molecule has 1 aromatic carbocycles. The second-order valence-corrected chi connectivity index (χ2v) is 6.92. The Bertz CT molecular complexity index is 783. The first kappa shape index (κ1) is 17.1. The summed E-state index contributed by atoms with van der Waals surface area (Å²) in [6, 6.07) is 10.1. The molecule has 0 spiro atoms. The van der Waals surface area contributed by atoms with Crippen LogP contribution in [-0.4, -0.2) is 58.5 Å². The number of nitrogens with two attached hydrogens (primary N) is 1. The summed E-state index contributed by atoms with van der Waals surface area (Å²) >= 11 is 0. The standard InChI is InChI=1S/C19H23N5O2/c20-19-18-17(22-12-23-19)14(6-21-18)7-24-8-15(16(25)9-24)11-26-10-13-4-2-1-3-5-13/h1-6,12,14-16,25H,7-11H2,(H2,20,22,23)/t14?,15-,16+/m1/s1. The first-order chi connectivity index (χ1) is 12.7. The predicted molar refractivity (Wildman–Crippen MR) is 99.4 cm³/mol. The van der Waals surface area contributed by atoms with E-state index >= 15 is 0 Å². The zero-order valence-electron chi connectivity index (χ0n) is 14.5. The average molecular weight is 353 g/mol. The molecule has 1 fully saturated rings. The fraction of sp³-hybridized carbons (Fsp3) is 0.421. The van der Waals surface area contributed by atoms with Crippen molar-refractivity contribution in [3.8, 4) is 0 Å². The summed E-state index contributed by atoms with van der Waals surface area (Å²) < 4.78 is 5.81. The summed E-state index contributed by atoms with van der Waals surface area (Å²) in [6.45, 7) is 3.33. The molecule has 0 aliphatic carbocycles. The number of aromatic nitrogens is 2. The van der Waals surface area contributed by atoms with Crippen molar-refractivity contribution >= 4 is 17.7 Å².